The van der Waals surface area contributed by atoms with Crippen molar-refractivity contribution in [2.24, 2.45) is 5.92 Å². The molecule has 2 aromatic carbocycles. The molecule has 0 bridgehead atoms. The number of methoxy groups -OCH3 is 3. The van der Waals surface area contributed by atoms with Crippen molar-refractivity contribution >= 4 is 11.8 Å². The van der Waals surface area contributed by atoms with Crippen LogP contribution in [0.5, 0.6) is 23.0 Å². The molecule has 8 nitrogen and oxygen atoms in total. The number of dihydropyridines is 1. The summed E-state index contributed by atoms with van der Waals surface area (Å²) in [4.78, 5) is 27.1. The maximum Gasteiger partial charge on any atom is 0.336 e. The third-order valence-electron chi connectivity index (χ3n) is 7.01. The molecule has 38 heavy (non-hydrogen) atoms. The van der Waals surface area contributed by atoms with Gasteiger partial charge in [0.25, 0.3) is 0 Å². The fraction of sp³-hybridized carbons (Fsp3) is 0.400. The van der Waals surface area contributed by atoms with Crippen molar-refractivity contribution in [2.45, 2.75) is 45.4 Å². The number of rotatable bonds is 8. The fourth-order valence-electron chi connectivity index (χ4n) is 5.19. The number of benzene rings is 2. The normalized spacial score (nSPS) is 19.2. The molecule has 2 aromatic rings. The minimum Gasteiger partial charge on any atom is -0.504 e. The average molecular weight is 522 g/mol. The molecule has 202 valence electrons. The van der Waals surface area contributed by atoms with E-state index in [4.69, 9.17) is 18.9 Å². The number of carbonyl (C=O) groups is 2. The quantitative estimate of drug-likeness (QED) is 0.469. The van der Waals surface area contributed by atoms with Crippen LogP contribution in [0.4, 0.5) is 0 Å². The summed E-state index contributed by atoms with van der Waals surface area (Å²) < 4.78 is 21.7. The predicted molar refractivity (Wildman–Crippen MR) is 143 cm³/mol. The van der Waals surface area contributed by atoms with Crippen LogP contribution in [0, 0.1) is 5.92 Å². The molecule has 1 heterocycles. The van der Waals surface area contributed by atoms with Gasteiger partial charge in [-0.05, 0) is 60.6 Å². The Morgan fingerprint density at radius 3 is 2.26 bits per heavy atom. The van der Waals surface area contributed by atoms with Gasteiger partial charge in [0.2, 0.25) is 0 Å². The summed E-state index contributed by atoms with van der Waals surface area (Å²) in [7, 11) is 4.64. The Kier molecular flexibility index (Phi) is 7.99. The van der Waals surface area contributed by atoms with Crippen molar-refractivity contribution in [3.63, 3.8) is 0 Å². The number of carbonyl (C=O) groups excluding carboxylic acids is 2. The number of nitrogens with one attached hydrogen (secondary N) is 1. The van der Waals surface area contributed by atoms with Crippen LogP contribution >= 0.6 is 0 Å². The first-order valence-corrected chi connectivity index (χ1v) is 12.7. The second-order valence-corrected chi connectivity index (χ2v) is 10.1. The minimum atomic E-state index is -0.679. The number of esters is 1. The van der Waals surface area contributed by atoms with Gasteiger partial charge in [-0.15, -0.1) is 0 Å². The lowest BCUT2D eigenvalue weighted by Crippen LogP contribution is -2.36. The first-order valence-electron chi connectivity index (χ1n) is 12.7. The molecule has 0 radical (unpaired) electrons. The molecule has 8 heteroatoms. The number of phenolic OH excluding ortho intramolecular Hbond substituents is 1. The Morgan fingerprint density at radius 2 is 1.63 bits per heavy atom. The third-order valence-corrected chi connectivity index (χ3v) is 7.01. The first-order chi connectivity index (χ1) is 18.2. The van der Waals surface area contributed by atoms with E-state index in [0.29, 0.717) is 46.1 Å². The van der Waals surface area contributed by atoms with E-state index in [2.05, 4.69) is 5.32 Å². The molecule has 0 unspecified atom stereocenters. The number of ketones is 1. The zero-order valence-electron chi connectivity index (χ0n) is 22.7. The van der Waals surface area contributed by atoms with Gasteiger partial charge in [0.15, 0.2) is 28.8 Å². The molecule has 0 fully saturated rings. The van der Waals surface area contributed by atoms with Gasteiger partial charge in [0.1, 0.15) is 0 Å². The van der Waals surface area contributed by atoms with Gasteiger partial charge in [0.05, 0.1) is 33.5 Å². The van der Waals surface area contributed by atoms with E-state index >= 15 is 0 Å². The smallest absolute Gasteiger partial charge is 0.336 e. The highest BCUT2D eigenvalue weighted by atomic mass is 16.5. The monoisotopic (exact) mass is 521 g/mol. The summed E-state index contributed by atoms with van der Waals surface area (Å²) >= 11 is 0. The van der Waals surface area contributed by atoms with Crippen molar-refractivity contribution < 1.29 is 33.6 Å². The standard InChI is InChI=1S/C30H35NO7/c1-16(2)15-38-30(34)27-17(3)31-21-11-20(18-7-10-25(36-5)26(14-18)37-6)13-23(33)29(21)28(27)19-8-9-24(35-4)22(32)12-19/h7-10,12,14,16,20,28,31-32H,11,13,15H2,1-6H3/t20-,28+/m0/s1. The van der Waals surface area contributed by atoms with Crippen molar-refractivity contribution in [1.82, 2.24) is 5.32 Å². The molecule has 2 atom stereocenters. The van der Waals surface area contributed by atoms with Crippen LogP contribution in [-0.4, -0.2) is 44.8 Å². The molecule has 1 aliphatic carbocycles. The Balaban J connectivity index is 1.77. The molecule has 2 aliphatic rings. The molecule has 4 rings (SSSR count). The molecule has 0 amide bonds. The minimum absolute atomic E-state index is 0.0651. The zero-order chi connectivity index (χ0) is 27.6. The highest BCUT2D eigenvalue weighted by Gasteiger charge is 2.41. The number of aromatic hydroxyl groups is 1. The van der Waals surface area contributed by atoms with Crippen LogP contribution in [0.2, 0.25) is 0 Å². The number of hydrogen-bond donors (Lipinski definition) is 2. The van der Waals surface area contributed by atoms with Gasteiger partial charge in [-0.1, -0.05) is 26.0 Å². The topological polar surface area (TPSA) is 103 Å². The predicted octanol–water partition coefficient (Wildman–Crippen LogP) is 4.98. The average Bonchev–Trinajstić information content (AvgIpc) is 2.90. The van der Waals surface area contributed by atoms with Crippen molar-refractivity contribution in [3.8, 4) is 23.0 Å². The number of ether oxygens (including phenoxy) is 4. The first kappa shape index (κ1) is 27.1. The van der Waals surface area contributed by atoms with Gasteiger partial charge >= 0.3 is 5.97 Å². The molecule has 0 saturated heterocycles. The summed E-state index contributed by atoms with van der Waals surface area (Å²) in [6.45, 7) is 6.01. The third kappa shape index (κ3) is 5.21. The molecule has 0 aromatic heterocycles. The number of Topliss-reactive ketones (excluding diaryl/α,β-unsaturated/α-hetero) is 1. The second kappa shape index (κ2) is 11.2. The largest absolute Gasteiger partial charge is 0.504 e. The second-order valence-electron chi connectivity index (χ2n) is 10.1. The lowest BCUT2D eigenvalue weighted by molar-refractivity contribution is -0.140. The molecule has 1 aliphatic heterocycles. The summed E-state index contributed by atoms with van der Waals surface area (Å²) in [6, 6.07) is 10.7. The lowest BCUT2D eigenvalue weighted by atomic mass is 9.71. The molecule has 0 saturated carbocycles. The van der Waals surface area contributed by atoms with E-state index in [-0.39, 0.29) is 36.4 Å². The Bertz CT molecular complexity index is 1310. The van der Waals surface area contributed by atoms with Crippen LogP contribution in [0.15, 0.2) is 58.9 Å². The zero-order valence-corrected chi connectivity index (χ0v) is 22.7. The van der Waals surface area contributed by atoms with Crippen molar-refractivity contribution in [3.05, 3.63) is 70.1 Å². The fourth-order valence-corrected chi connectivity index (χ4v) is 5.19. The maximum absolute atomic E-state index is 13.8. The van der Waals surface area contributed by atoms with E-state index in [1.54, 1.807) is 32.4 Å². The van der Waals surface area contributed by atoms with Gasteiger partial charge in [0, 0.05) is 29.3 Å². The van der Waals surface area contributed by atoms with E-state index < -0.39 is 11.9 Å². The van der Waals surface area contributed by atoms with E-state index in [1.807, 2.05) is 39.0 Å². The van der Waals surface area contributed by atoms with Crippen LogP contribution in [0.3, 0.4) is 0 Å². The number of allylic oxidation sites excluding steroid dienone is 3. The molecular weight excluding hydrogens is 486 g/mol. The van der Waals surface area contributed by atoms with Crippen molar-refractivity contribution in [1.29, 1.82) is 0 Å². The highest BCUT2D eigenvalue weighted by molar-refractivity contribution is 6.04. The van der Waals surface area contributed by atoms with Crippen LogP contribution in [-0.2, 0) is 14.3 Å². The Labute approximate surface area is 223 Å². The van der Waals surface area contributed by atoms with Crippen LogP contribution < -0.4 is 19.5 Å². The number of hydrogen-bond acceptors (Lipinski definition) is 8. The van der Waals surface area contributed by atoms with E-state index in [9.17, 15) is 14.7 Å². The Hall–Kier alpha value is -3.94. The lowest BCUT2D eigenvalue weighted by Gasteiger charge is -2.37. The van der Waals surface area contributed by atoms with Gasteiger partial charge in [-0.2, -0.15) is 0 Å². The molecule has 2 N–H and O–H groups in total. The SMILES string of the molecule is COc1ccc([C@@H]2C(C(=O)OCC(C)C)=C(C)NC3=C2C(=O)C[C@@H](c2ccc(OC)c(OC)c2)C3)cc1O. The highest BCUT2D eigenvalue weighted by Crippen LogP contribution is 2.47. The summed E-state index contributed by atoms with van der Waals surface area (Å²) in [5.41, 5.74) is 3.86. The Morgan fingerprint density at radius 1 is 0.974 bits per heavy atom. The molecule has 0 spiro atoms. The van der Waals surface area contributed by atoms with E-state index in [0.717, 1.165) is 11.3 Å². The maximum atomic E-state index is 13.8. The summed E-state index contributed by atoms with van der Waals surface area (Å²) in [5, 5.41) is 13.9. The van der Waals surface area contributed by atoms with Crippen LogP contribution in [0.25, 0.3) is 0 Å². The van der Waals surface area contributed by atoms with Crippen LogP contribution in [0.1, 0.15) is 56.6 Å². The molecular formula is C30H35NO7. The number of phenols is 1. The van der Waals surface area contributed by atoms with Gasteiger partial charge < -0.3 is 29.4 Å². The van der Waals surface area contributed by atoms with Gasteiger partial charge in [-0.25, -0.2) is 4.79 Å². The summed E-state index contributed by atoms with van der Waals surface area (Å²) in [5.74, 6) is 0.319. The van der Waals surface area contributed by atoms with E-state index in [1.165, 1.54) is 7.11 Å². The van der Waals surface area contributed by atoms with Crippen molar-refractivity contribution in [2.75, 3.05) is 27.9 Å². The van der Waals surface area contributed by atoms with Gasteiger partial charge in [-0.3, -0.25) is 4.79 Å². The summed E-state index contributed by atoms with van der Waals surface area (Å²) in [6.07, 6.45) is 0.836.